The smallest absolute Gasteiger partial charge is 0.0593 e. The average molecular weight is 214 g/mol. The highest BCUT2D eigenvalue weighted by Gasteiger charge is 2.19. The van der Waals surface area contributed by atoms with Crippen LogP contribution in [0.2, 0.25) is 0 Å². The van der Waals surface area contributed by atoms with E-state index in [4.69, 9.17) is 4.74 Å². The Labute approximate surface area is 94.2 Å². The van der Waals surface area contributed by atoms with E-state index in [1.807, 2.05) is 0 Å². The summed E-state index contributed by atoms with van der Waals surface area (Å²) in [6.45, 7) is 10.7. The summed E-state index contributed by atoms with van der Waals surface area (Å²) in [7, 11) is 0. The molecule has 3 nitrogen and oxygen atoms in total. The normalized spacial score (nSPS) is 22.2. The lowest BCUT2D eigenvalue weighted by Gasteiger charge is -2.34. The van der Waals surface area contributed by atoms with Gasteiger partial charge in [0.2, 0.25) is 0 Å². The zero-order valence-electron chi connectivity index (χ0n) is 10.3. The van der Waals surface area contributed by atoms with Crippen LogP contribution in [0, 0.1) is 0 Å². The number of nitrogens with zero attached hydrogens (tertiary/aromatic N) is 1. The lowest BCUT2D eigenvalue weighted by molar-refractivity contribution is 0.0860. The van der Waals surface area contributed by atoms with Gasteiger partial charge in [-0.25, -0.2) is 0 Å². The van der Waals surface area contributed by atoms with Gasteiger partial charge < -0.3 is 10.1 Å². The maximum Gasteiger partial charge on any atom is 0.0593 e. The number of ether oxygens (including phenoxy) is 1. The van der Waals surface area contributed by atoms with E-state index in [1.54, 1.807) is 0 Å². The molecule has 0 amide bonds. The summed E-state index contributed by atoms with van der Waals surface area (Å²) in [5.74, 6) is 0. The Balaban J connectivity index is 2.26. The van der Waals surface area contributed by atoms with Gasteiger partial charge in [0, 0.05) is 25.7 Å². The third-order valence-electron chi connectivity index (χ3n) is 3.03. The molecular weight excluding hydrogens is 188 g/mol. The molecule has 0 aromatic heterocycles. The van der Waals surface area contributed by atoms with Gasteiger partial charge in [0.1, 0.15) is 0 Å². The van der Waals surface area contributed by atoms with Crippen molar-refractivity contribution in [2.45, 2.75) is 39.2 Å². The summed E-state index contributed by atoms with van der Waals surface area (Å²) in [4.78, 5) is 2.59. The van der Waals surface area contributed by atoms with Crippen molar-refractivity contribution in [3.63, 3.8) is 0 Å². The van der Waals surface area contributed by atoms with Crippen molar-refractivity contribution in [1.82, 2.24) is 10.2 Å². The molecule has 1 aliphatic rings. The van der Waals surface area contributed by atoms with E-state index < -0.39 is 0 Å². The van der Waals surface area contributed by atoms with Crippen LogP contribution in [0.15, 0.2) is 0 Å². The fraction of sp³-hybridized carbons (Fsp3) is 1.00. The van der Waals surface area contributed by atoms with E-state index in [-0.39, 0.29) is 0 Å². The predicted molar refractivity (Wildman–Crippen MR) is 64.2 cm³/mol. The highest BCUT2D eigenvalue weighted by Crippen LogP contribution is 2.10. The van der Waals surface area contributed by atoms with Crippen LogP contribution in [-0.2, 0) is 4.74 Å². The van der Waals surface area contributed by atoms with Crippen molar-refractivity contribution in [1.29, 1.82) is 0 Å². The highest BCUT2D eigenvalue weighted by atomic mass is 16.5. The average Bonchev–Trinajstić information content (AvgIpc) is 2.29. The van der Waals surface area contributed by atoms with Gasteiger partial charge in [-0.1, -0.05) is 6.92 Å². The lowest BCUT2D eigenvalue weighted by Crippen LogP contribution is -2.47. The second-order valence-electron chi connectivity index (χ2n) is 4.23. The molecule has 1 N–H and O–H groups in total. The SMILES string of the molecule is CCCN(CCOCC)C1CCCNC1. The van der Waals surface area contributed by atoms with Gasteiger partial charge in [0.15, 0.2) is 0 Å². The maximum absolute atomic E-state index is 5.44. The topological polar surface area (TPSA) is 24.5 Å². The van der Waals surface area contributed by atoms with Crippen molar-refractivity contribution in [2.75, 3.05) is 39.4 Å². The molecule has 1 fully saturated rings. The summed E-state index contributed by atoms with van der Waals surface area (Å²) in [6, 6.07) is 0.735. The molecule has 0 aromatic rings. The predicted octanol–water partition coefficient (Wildman–Crippen LogP) is 1.49. The number of nitrogens with one attached hydrogen (secondary N) is 1. The fourth-order valence-electron chi connectivity index (χ4n) is 2.24. The van der Waals surface area contributed by atoms with Gasteiger partial charge in [-0.3, -0.25) is 4.90 Å². The number of rotatable bonds is 7. The molecule has 90 valence electrons. The van der Waals surface area contributed by atoms with E-state index in [0.29, 0.717) is 0 Å². The molecule has 1 heterocycles. The second kappa shape index (κ2) is 8.08. The summed E-state index contributed by atoms with van der Waals surface area (Å²) in [6.07, 6.45) is 3.90. The molecule has 0 radical (unpaired) electrons. The van der Waals surface area contributed by atoms with Crippen LogP contribution in [0.25, 0.3) is 0 Å². The lowest BCUT2D eigenvalue weighted by atomic mass is 10.1. The van der Waals surface area contributed by atoms with E-state index in [1.165, 1.54) is 32.4 Å². The van der Waals surface area contributed by atoms with Gasteiger partial charge in [-0.15, -0.1) is 0 Å². The van der Waals surface area contributed by atoms with Crippen molar-refractivity contribution >= 4 is 0 Å². The molecular formula is C12H26N2O. The first kappa shape index (κ1) is 12.9. The quantitative estimate of drug-likeness (QED) is 0.650. The third-order valence-corrected chi connectivity index (χ3v) is 3.03. The Morgan fingerprint density at radius 1 is 1.33 bits per heavy atom. The molecule has 1 unspecified atom stereocenters. The van der Waals surface area contributed by atoms with Crippen molar-refractivity contribution in [3.05, 3.63) is 0 Å². The zero-order chi connectivity index (χ0) is 10.9. The Morgan fingerprint density at radius 3 is 2.80 bits per heavy atom. The Kier molecular flexibility index (Phi) is 6.98. The molecule has 0 saturated carbocycles. The zero-order valence-corrected chi connectivity index (χ0v) is 10.3. The molecule has 1 saturated heterocycles. The molecule has 0 spiro atoms. The standard InChI is InChI=1S/C12H26N2O/c1-3-8-14(9-10-15-4-2)12-6-5-7-13-11-12/h12-13H,3-11H2,1-2H3. The first-order valence-corrected chi connectivity index (χ1v) is 6.41. The molecule has 0 aromatic carbocycles. The van der Waals surface area contributed by atoms with Gasteiger partial charge in [0.05, 0.1) is 6.61 Å². The molecule has 15 heavy (non-hydrogen) atoms. The van der Waals surface area contributed by atoms with E-state index in [0.717, 1.165) is 32.3 Å². The van der Waals surface area contributed by atoms with Crippen LogP contribution < -0.4 is 5.32 Å². The van der Waals surface area contributed by atoms with Crippen LogP contribution in [-0.4, -0.2) is 50.3 Å². The van der Waals surface area contributed by atoms with Crippen LogP contribution in [0.4, 0.5) is 0 Å². The largest absolute Gasteiger partial charge is 0.380 e. The molecule has 0 bridgehead atoms. The van der Waals surface area contributed by atoms with Crippen LogP contribution >= 0.6 is 0 Å². The Hall–Kier alpha value is -0.120. The molecule has 1 rings (SSSR count). The van der Waals surface area contributed by atoms with Crippen molar-refractivity contribution < 1.29 is 4.74 Å². The number of hydrogen-bond acceptors (Lipinski definition) is 3. The van der Waals surface area contributed by atoms with Crippen molar-refractivity contribution in [2.24, 2.45) is 0 Å². The van der Waals surface area contributed by atoms with Gasteiger partial charge in [-0.05, 0) is 39.3 Å². The third kappa shape index (κ3) is 4.96. The number of piperidine rings is 1. The monoisotopic (exact) mass is 214 g/mol. The van der Waals surface area contributed by atoms with Crippen molar-refractivity contribution in [3.8, 4) is 0 Å². The minimum Gasteiger partial charge on any atom is -0.380 e. The van der Waals surface area contributed by atoms with E-state index in [9.17, 15) is 0 Å². The first-order chi connectivity index (χ1) is 7.38. The number of hydrogen-bond donors (Lipinski definition) is 1. The summed E-state index contributed by atoms with van der Waals surface area (Å²) >= 11 is 0. The van der Waals surface area contributed by atoms with Crippen LogP contribution in [0.1, 0.15) is 33.1 Å². The molecule has 1 atom stereocenters. The minimum absolute atomic E-state index is 0.735. The Morgan fingerprint density at radius 2 is 2.20 bits per heavy atom. The molecule has 0 aliphatic carbocycles. The van der Waals surface area contributed by atoms with E-state index >= 15 is 0 Å². The minimum atomic E-state index is 0.735. The van der Waals surface area contributed by atoms with Crippen LogP contribution in [0.3, 0.4) is 0 Å². The molecule has 3 heteroatoms. The second-order valence-corrected chi connectivity index (χ2v) is 4.23. The van der Waals surface area contributed by atoms with Gasteiger partial charge in [0.25, 0.3) is 0 Å². The summed E-state index contributed by atoms with van der Waals surface area (Å²) < 4.78 is 5.44. The summed E-state index contributed by atoms with van der Waals surface area (Å²) in [5, 5.41) is 3.48. The first-order valence-electron chi connectivity index (χ1n) is 6.41. The molecule has 1 aliphatic heterocycles. The van der Waals surface area contributed by atoms with E-state index in [2.05, 4.69) is 24.1 Å². The highest BCUT2D eigenvalue weighted by molar-refractivity contribution is 4.78. The summed E-state index contributed by atoms with van der Waals surface area (Å²) in [5.41, 5.74) is 0. The van der Waals surface area contributed by atoms with Gasteiger partial charge >= 0.3 is 0 Å². The fourth-order valence-corrected chi connectivity index (χ4v) is 2.24. The van der Waals surface area contributed by atoms with Gasteiger partial charge in [-0.2, -0.15) is 0 Å². The van der Waals surface area contributed by atoms with Crippen LogP contribution in [0.5, 0.6) is 0 Å². The Bertz CT molecular complexity index is 147. The maximum atomic E-state index is 5.44.